The summed E-state index contributed by atoms with van der Waals surface area (Å²) in [6.07, 6.45) is 6.29. The fourth-order valence-corrected chi connectivity index (χ4v) is 0.930. The highest BCUT2D eigenvalue weighted by Crippen LogP contribution is 2.00. The van der Waals surface area contributed by atoms with E-state index in [0.717, 1.165) is 5.57 Å². The Kier molecular flexibility index (Phi) is 7.28. The van der Waals surface area contributed by atoms with Crippen molar-refractivity contribution in [2.24, 2.45) is 0 Å². The average Bonchev–Trinajstić information content (AvgIpc) is 2.15. The highest BCUT2D eigenvalue weighted by molar-refractivity contribution is 5.83. The molecule has 0 aromatic carbocycles. The topological polar surface area (TPSA) is 46.5 Å². The van der Waals surface area contributed by atoms with Crippen LogP contribution in [0.5, 0.6) is 0 Å². The Hall–Kier alpha value is -1.35. The lowest BCUT2D eigenvalue weighted by atomic mass is 10.2. The summed E-state index contributed by atoms with van der Waals surface area (Å²) in [5.74, 6) is -0.363. The van der Waals surface area contributed by atoms with Crippen molar-refractivity contribution in [2.45, 2.75) is 26.4 Å². The van der Waals surface area contributed by atoms with E-state index in [9.17, 15) is 9.90 Å². The molecule has 0 radical (unpaired) electrons. The summed E-state index contributed by atoms with van der Waals surface area (Å²) >= 11 is 0. The lowest BCUT2D eigenvalue weighted by molar-refractivity contribution is -0.137. The molecule has 0 spiro atoms. The van der Waals surface area contributed by atoms with Crippen LogP contribution in [0.1, 0.15) is 20.3 Å². The van der Waals surface area contributed by atoms with Gasteiger partial charge in [-0.2, -0.15) is 0 Å². The van der Waals surface area contributed by atoms with E-state index in [4.69, 9.17) is 4.74 Å². The summed E-state index contributed by atoms with van der Waals surface area (Å²) in [5, 5.41) is 9.33. The molecule has 0 saturated heterocycles. The minimum atomic E-state index is -0.548. The molecule has 0 heterocycles. The lowest BCUT2D eigenvalue weighted by Crippen LogP contribution is -2.01. The molecule has 0 rings (SSSR count). The Bertz CT molecular complexity index is 264. The van der Waals surface area contributed by atoms with Gasteiger partial charge in [-0.25, -0.2) is 4.79 Å². The maximum absolute atomic E-state index is 11.0. The summed E-state index contributed by atoms with van der Waals surface area (Å²) in [5.41, 5.74) is 0.747. The Morgan fingerprint density at radius 3 is 2.80 bits per heavy atom. The van der Waals surface area contributed by atoms with Gasteiger partial charge in [0.25, 0.3) is 0 Å². The summed E-state index contributed by atoms with van der Waals surface area (Å²) in [6.45, 7) is 7.41. The van der Waals surface area contributed by atoms with Crippen LogP contribution in [0.15, 0.2) is 36.5 Å². The Labute approximate surface area is 90.8 Å². The van der Waals surface area contributed by atoms with Gasteiger partial charge in [0.15, 0.2) is 0 Å². The zero-order chi connectivity index (χ0) is 11.7. The maximum atomic E-state index is 11.0. The molecule has 0 aliphatic carbocycles. The van der Waals surface area contributed by atoms with Crippen molar-refractivity contribution in [2.75, 3.05) is 6.61 Å². The van der Waals surface area contributed by atoms with Gasteiger partial charge in [0.2, 0.25) is 0 Å². The monoisotopic (exact) mass is 210 g/mol. The van der Waals surface area contributed by atoms with Crippen molar-refractivity contribution in [3.8, 4) is 0 Å². The van der Waals surface area contributed by atoms with E-state index in [1.54, 1.807) is 32.1 Å². The largest absolute Gasteiger partial charge is 0.463 e. The molecule has 3 heteroatoms. The molecule has 0 amide bonds. The first-order valence-corrected chi connectivity index (χ1v) is 4.92. The second kappa shape index (κ2) is 8.00. The number of hydrogen-bond donors (Lipinski definition) is 1. The quantitative estimate of drug-likeness (QED) is 0.315. The van der Waals surface area contributed by atoms with Gasteiger partial charge in [0, 0.05) is 6.08 Å². The van der Waals surface area contributed by atoms with Gasteiger partial charge in [-0.15, -0.1) is 6.58 Å². The predicted molar refractivity (Wildman–Crippen MR) is 60.4 cm³/mol. The molecule has 0 saturated carbocycles. The highest BCUT2D eigenvalue weighted by Gasteiger charge is 1.97. The zero-order valence-electron chi connectivity index (χ0n) is 9.27. The van der Waals surface area contributed by atoms with Gasteiger partial charge in [-0.1, -0.05) is 18.2 Å². The normalized spacial score (nSPS) is 13.9. The molecular formula is C12H18O3. The highest BCUT2D eigenvalue weighted by atomic mass is 16.5. The van der Waals surface area contributed by atoms with Crippen LogP contribution >= 0.6 is 0 Å². The van der Waals surface area contributed by atoms with Crippen LogP contribution in [0, 0.1) is 0 Å². The number of allylic oxidation sites excluding steroid dienone is 2. The van der Waals surface area contributed by atoms with E-state index in [1.807, 2.05) is 0 Å². The molecule has 0 aliphatic heterocycles. The minimum absolute atomic E-state index is 0.363. The number of aliphatic hydroxyl groups excluding tert-OH is 1. The fourth-order valence-electron chi connectivity index (χ4n) is 0.930. The average molecular weight is 210 g/mol. The second-order valence-electron chi connectivity index (χ2n) is 3.09. The molecule has 1 atom stereocenters. The summed E-state index contributed by atoms with van der Waals surface area (Å²) < 4.78 is 4.74. The van der Waals surface area contributed by atoms with Crippen LogP contribution in [0.3, 0.4) is 0 Å². The smallest absolute Gasteiger partial charge is 0.330 e. The molecule has 0 fully saturated rings. The van der Waals surface area contributed by atoms with Gasteiger partial charge < -0.3 is 9.84 Å². The van der Waals surface area contributed by atoms with Gasteiger partial charge in [0.1, 0.15) is 0 Å². The van der Waals surface area contributed by atoms with Crippen molar-refractivity contribution in [3.63, 3.8) is 0 Å². The number of rotatable bonds is 6. The number of carbonyl (C=O) groups excluding carboxylic acids is 1. The van der Waals surface area contributed by atoms with Crippen LogP contribution in [0.2, 0.25) is 0 Å². The van der Waals surface area contributed by atoms with Crippen molar-refractivity contribution in [1.29, 1.82) is 0 Å². The van der Waals surface area contributed by atoms with E-state index in [1.165, 1.54) is 6.08 Å². The van der Waals surface area contributed by atoms with Gasteiger partial charge in [-0.3, -0.25) is 0 Å². The molecule has 0 aliphatic rings. The maximum Gasteiger partial charge on any atom is 0.330 e. The van der Waals surface area contributed by atoms with E-state index in [-0.39, 0.29) is 5.97 Å². The van der Waals surface area contributed by atoms with Gasteiger partial charge in [0.05, 0.1) is 12.7 Å². The first-order chi connectivity index (χ1) is 7.10. The number of esters is 1. The first-order valence-electron chi connectivity index (χ1n) is 4.92. The molecule has 0 unspecified atom stereocenters. The van der Waals surface area contributed by atoms with E-state index < -0.39 is 6.10 Å². The van der Waals surface area contributed by atoms with Gasteiger partial charge in [-0.05, 0) is 25.8 Å². The molecule has 0 aromatic rings. The molecule has 84 valence electrons. The van der Waals surface area contributed by atoms with Crippen molar-refractivity contribution >= 4 is 5.97 Å². The first kappa shape index (κ1) is 13.7. The number of ether oxygens (including phenoxy) is 1. The minimum Gasteiger partial charge on any atom is -0.463 e. The molecule has 0 bridgehead atoms. The molecule has 3 nitrogen and oxygen atoms in total. The summed E-state index contributed by atoms with van der Waals surface area (Å²) in [6, 6.07) is 0. The number of carbonyl (C=O) groups is 1. The van der Waals surface area contributed by atoms with Crippen LogP contribution in [-0.2, 0) is 9.53 Å². The predicted octanol–water partition coefficient (Wildman–Crippen LogP) is 1.99. The van der Waals surface area contributed by atoms with E-state index >= 15 is 0 Å². The van der Waals surface area contributed by atoms with Crippen LogP contribution in [-0.4, -0.2) is 23.8 Å². The van der Waals surface area contributed by atoms with Crippen molar-refractivity contribution < 1.29 is 14.6 Å². The van der Waals surface area contributed by atoms with Crippen LogP contribution in [0.4, 0.5) is 0 Å². The molecular weight excluding hydrogens is 192 g/mol. The molecule has 0 aromatic heterocycles. The van der Waals surface area contributed by atoms with Crippen LogP contribution in [0.25, 0.3) is 0 Å². The number of hydrogen-bond acceptors (Lipinski definition) is 3. The van der Waals surface area contributed by atoms with Crippen LogP contribution < -0.4 is 0 Å². The SMILES string of the molecule is C=CC[C@H](O)/C=C/C(C)=C/C(=O)OCC. The third-order valence-electron chi connectivity index (χ3n) is 1.62. The van der Waals surface area contributed by atoms with Crippen molar-refractivity contribution in [1.82, 2.24) is 0 Å². The Morgan fingerprint density at radius 2 is 2.27 bits per heavy atom. The zero-order valence-corrected chi connectivity index (χ0v) is 9.27. The van der Waals surface area contributed by atoms with Crippen molar-refractivity contribution in [3.05, 3.63) is 36.5 Å². The third kappa shape index (κ3) is 7.70. The fraction of sp³-hybridized carbons (Fsp3) is 0.417. The molecule has 15 heavy (non-hydrogen) atoms. The van der Waals surface area contributed by atoms with Gasteiger partial charge >= 0.3 is 5.97 Å². The number of aliphatic hydroxyl groups is 1. The van der Waals surface area contributed by atoms with E-state index in [0.29, 0.717) is 13.0 Å². The summed E-state index contributed by atoms with van der Waals surface area (Å²) in [7, 11) is 0. The Morgan fingerprint density at radius 1 is 1.60 bits per heavy atom. The molecule has 1 N–H and O–H groups in total. The second-order valence-corrected chi connectivity index (χ2v) is 3.09. The third-order valence-corrected chi connectivity index (χ3v) is 1.62. The Balaban J connectivity index is 4.15. The standard InChI is InChI=1S/C12H18O3/c1-4-6-11(13)8-7-10(3)9-12(14)15-5-2/h4,7-9,11,13H,1,5-6H2,2-3H3/b8-7+,10-9+/t11-/m0/s1. The summed E-state index contributed by atoms with van der Waals surface area (Å²) in [4.78, 5) is 11.0. The van der Waals surface area contributed by atoms with E-state index in [2.05, 4.69) is 6.58 Å². The lowest BCUT2D eigenvalue weighted by Gasteiger charge is -2.00.